The van der Waals surface area contributed by atoms with Crippen molar-refractivity contribution in [3.05, 3.63) is 53.7 Å². The van der Waals surface area contributed by atoms with Crippen molar-refractivity contribution in [2.24, 2.45) is 0 Å². The molecule has 0 atom stereocenters. The topological polar surface area (TPSA) is 66.6 Å². The van der Waals surface area contributed by atoms with Crippen molar-refractivity contribution in [2.75, 3.05) is 6.54 Å². The number of nitrogens with zero attached hydrogens (tertiary/aromatic N) is 2. The lowest BCUT2D eigenvalue weighted by Gasteiger charge is -2.18. The Morgan fingerprint density at radius 2 is 2.05 bits per heavy atom. The van der Waals surface area contributed by atoms with Crippen LogP contribution in [0.4, 0.5) is 0 Å². The number of benzene rings is 1. The molecule has 0 aliphatic rings. The van der Waals surface area contributed by atoms with Gasteiger partial charge in [0.25, 0.3) is 0 Å². The van der Waals surface area contributed by atoms with E-state index in [2.05, 4.69) is 22.0 Å². The lowest BCUT2D eigenvalue weighted by atomic mass is 10.2. The van der Waals surface area contributed by atoms with Crippen LogP contribution in [0.1, 0.15) is 28.9 Å². The Labute approximate surface area is 111 Å². The second-order valence-electron chi connectivity index (χ2n) is 4.22. The van der Waals surface area contributed by atoms with E-state index in [0.29, 0.717) is 12.4 Å². The summed E-state index contributed by atoms with van der Waals surface area (Å²) in [6.45, 7) is 4.16. The maximum absolute atomic E-state index is 10.7. The van der Waals surface area contributed by atoms with E-state index in [4.69, 9.17) is 9.52 Å². The molecule has 100 valence electrons. The Morgan fingerprint density at radius 1 is 1.32 bits per heavy atom. The van der Waals surface area contributed by atoms with Crippen molar-refractivity contribution in [3.63, 3.8) is 0 Å². The monoisotopic (exact) mass is 260 g/mol. The van der Waals surface area contributed by atoms with Crippen LogP contribution in [0.2, 0.25) is 0 Å². The van der Waals surface area contributed by atoms with E-state index in [1.165, 1.54) is 11.8 Å². The molecule has 5 heteroatoms. The first kappa shape index (κ1) is 13.3. The third-order valence-electron chi connectivity index (χ3n) is 2.83. The second-order valence-corrected chi connectivity index (χ2v) is 4.22. The van der Waals surface area contributed by atoms with E-state index in [9.17, 15) is 4.79 Å². The van der Waals surface area contributed by atoms with Gasteiger partial charge in [0.1, 0.15) is 6.26 Å². The van der Waals surface area contributed by atoms with Crippen molar-refractivity contribution >= 4 is 5.97 Å². The van der Waals surface area contributed by atoms with Crippen LogP contribution in [0.3, 0.4) is 0 Å². The smallest absolute Gasteiger partial charge is 0.357 e. The van der Waals surface area contributed by atoms with Crippen molar-refractivity contribution in [1.29, 1.82) is 0 Å². The highest BCUT2D eigenvalue weighted by atomic mass is 16.4. The van der Waals surface area contributed by atoms with Crippen molar-refractivity contribution < 1.29 is 14.3 Å². The maximum Gasteiger partial charge on any atom is 0.357 e. The molecule has 19 heavy (non-hydrogen) atoms. The van der Waals surface area contributed by atoms with Gasteiger partial charge in [0.05, 0.1) is 6.54 Å². The minimum atomic E-state index is -1.07. The highest BCUT2D eigenvalue weighted by Crippen LogP contribution is 2.10. The van der Waals surface area contributed by atoms with Gasteiger partial charge in [-0.05, 0) is 12.1 Å². The van der Waals surface area contributed by atoms with E-state index in [1.54, 1.807) is 0 Å². The minimum Gasteiger partial charge on any atom is -0.476 e. The van der Waals surface area contributed by atoms with Crippen LogP contribution >= 0.6 is 0 Å². The quantitative estimate of drug-likeness (QED) is 0.863. The molecule has 0 spiro atoms. The van der Waals surface area contributed by atoms with Gasteiger partial charge in [-0.25, -0.2) is 9.78 Å². The van der Waals surface area contributed by atoms with Crippen LogP contribution in [0.15, 0.2) is 41.0 Å². The van der Waals surface area contributed by atoms with Crippen molar-refractivity contribution in [3.8, 4) is 0 Å². The number of carboxylic acid groups (broad SMARTS) is 1. The lowest BCUT2D eigenvalue weighted by molar-refractivity contribution is 0.0690. The van der Waals surface area contributed by atoms with Crippen LogP contribution < -0.4 is 0 Å². The molecule has 2 aromatic rings. The first-order valence-corrected chi connectivity index (χ1v) is 6.13. The average Bonchev–Trinajstić information content (AvgIpc) is 2.88. The van der Waals surface area contributed by atoms with Crippen LogP contribution in [0.25, 0.3) is 0 Å². The summed E-state index contributed by atoms with van der Waals surface area (Å²) in [6.07, 6.45) is 1.17. The molecule has 0 unspecified atom stereocenters. The first-order chi connectivity index (χ1) is 9.19. The molecule has 0 radical (unpaired) electrons. The molecule has 0 amide bonds. The van der Waals surface area contributed by atoms with Gasteiger partial charge in [0.2, 0.25) is 5.89 Å². The molecule has 1 aromatic carbocycles. The molecule has 0 saturated carbocycles. The number of hydrogen-bond acceptors (Lipinski definition) is 4. The fourth-order valence-electron chi connectivity index (χ4n) is 1.79. The van der Waals surface area contributed by atoms with Gasteiger partial charge in [-0.1, -0.05) is 37.3 Å². The Balaban J connectivity index is 2.00. The van der Waals surface area contributed by atoms with Gasteiger partial charge in [-0.15, -0.1) is 0 Å². The predicted molar refractivity (Wildman–Crippen MR) is 69.7 cm³/mol. The largest absolute Gasteiger partial charge is 0.476 e. The summed E-state index contributed by atoms with van der Waals surface area (Å²) in [5.74, 6) is -0.642. The second kappa shape index (κ2) is 6.15. The van der Waals surface area contributed by atoms with Gasteiger partial charge >= 0.3 is 5.97 Å². The van der Waals surface area contributed by atoms with Crippen LogP contribution in [-0.2, 0) is 13.1 Å². The minimum absolute atomic E-state index is 0.0502. The number of oxazole rings is 1. The van der Waals surface area contributed by atoms with Gasteiger partial charge in [0, 0.05) is 6.54 Å². The maximum atomic E-state index is 10.7. The number of carboxylic acids is 1. The molecular formula is C14H16N2O3. The third kappa shape index (κ3) is 3.66. The fourth-order valence-corrected chi connectivity index (χ4v) is 1.79. The zero-order valence-electron chi connectivity index (χ0n) is 10.7. The van der Waals surface area contributed by atoms with Gasteiger partial charge in [0.15, 0.2) is 5.69 Å². The Bertz CT molecular complexity index is 537. The van der Waals surface area contributed by atoms with E-state index in [0.717, 1.165) is 13.1 Å². The Morgan fingerprint density at radius 3 is 2.63 bits per heavy atom. The first-order valence-electron chi connectivity index (χ1n) is 6.13. The van der Waals surface area contributed by atoms with Gasteiger partial charge in [-0.2, -0.15) is 0 Å². The third-order valence-corrected chi connectivity index (χ3v) is 2.83. The Kier molecular flexibility index (Phi) is 4.30. The number of hydrogen-bond donors (Lipinski definition) is 1. The zero-order valence-corrected chi connectivity index (χ0v) is 10.7. The highest BCUT2D eigenvalue weighted by molar-refractivity contribution is 5.84. The zero-order chi connectivity index (χ0) is 13.7. The highest BCUT2D eigenvalue weighted by Gasteiger charge is 2.13. The summed E-state index contributed by atoms with van der Waals surface area (Å²) in [5.41, 5.74) is 1.15. The van der Waals surface area contributed by atoms with Crippen LogP contribution in [0, 0.1) is 0 Å². The van der Waals surface area contributed by atoms with Crippen molar-refractivity contribution in [1.82, 2.24) is 9.88 Å². The molecule has 0 bridgehead atoms. The van der Waals surface area contributed by atoms with Gasteiger partial charge in [-0.3, -0.25) is 4.90 Å². The summed E-state index contributed by atoms with van der Waals surface area (Å²) in [5, 5.41) is 8.79. The van der Waals surface area contributed by atoms with E-state index < -0.39 is 5.97 Å². The van der Waals surface area contributed by atoms with Crippen molar-refractivity contribution in [2.45, 2.75) is 20.0 Å². The normalized spacial score (nSPS) is 10.8. The molecule has 0 aliphatic carbocycles. The molecule has 1 aromatic heterocycles. The fraction of sp³-hybridized carbons (Fsp3) is 0.286. The molecule has 0 aliphatic heterocycles. The van der Waals surface area contributed by atoms with E-state index >= 15 is 0 Å². The predicted octanol–water partition coefficient (Wildman–Crippen LogP) is 2.39. The summed E-state index contributed by atoms with van der Waals surface area (Å²) in [6, 6.07) is 10.1. The molecule has 1 heterocycles. The molecule has 1 N–H and O–H groups in total. The summed E-state index contributed by atoms with van der Waals surface area (Å²) in [4.78, 5) is 16.8. The number of aromatic nitrogens is 1. The lowest BCUT2D eigenvalue weighted by Crippen LogP contribution is -2.22. The van der Waals surface area contributed by atoms with Crippen LogP contribution in [-0.4, -0.2) is 27.5 Å². The standard InChI is InChI=1S/C14H16N2O3/c1-2-16(8-11-6-4-3-5-7-11)9-13-15-12(10-19-13)14(17)18/h3-7,10H,2,8-9H2,1H3,(H,17,18). The SMILES string of the molecule is CCN(Cc1ccccc1)Cc1nc(C(=O)O)co1. The summed E-state index contributed by atoms with van der Waals surface area (Å²) < 4.78 is 5.16. The van der Waals surface area contributed by atoms with Gasteiger partial charge < -0.3 is 9.52 Å². The Hall–Kier alpha value is -2.14. The molecule has 5 nitrogen and oxygen atoms in total. The summed E-state index contributed by atoms with van der Waals surface area (Å²) >= 11 is 0. The number of aromatic carboxylic acids is 1. The number of rotatable bonds is 6. The van der Waals surface area contributed by atoms with Crippen LogP contribution in [0.5, 0.6) is 0 Å². The summed E-state index contributed by atoms with van der Waals surface area (Å²) in [7, 11) is 0. The molecular weight excluding hydrogens is 244 g/mol. The molecule has 2 rings (SSSR count). The van der Waals surface area contributed by atoms with E-state index in [-0.39, 0.29) is 5.69 Å². The average molecular weight is 260 g/mol. The van der Waals surface area contributed by atoms with E-state index in [1.807, 2.05) is 25.1 Å². The molecule has 0 fully saturated rings. The molecule has 0 saturated heterocycles. The number of carbonyl (C=O) groups is 1.